The highest BCUT2D eigenvalue weighted by molar-refractivity contribution is 5.76. The predicted octanol–water partition coefficient (Wildman–Crippen LogP) is 2.81. The van der Waals surface area contributed by atoms with E-state index in [4.69, 9.17) is 9.72 Å². The van der Waals surface area contributed by atoms with Crippen molar-refractivity contribution >= 4 is 11.0 Å². The number of para-hydroxylation sites is 2. The maximum absolute atomic E-state index is 9.74. The average Bonchev–Trinajstić information content (AvgIpc) is 2.98. The first-order valence-corrected chi connectivity index (χ1v) is 9.50. The van der Waals surface area contributed by atoms with Gasteiger partial charge >= 0.3 is 0 Å². The SMILES string of the molecule is CC(C)n1c(C2CCCN(CC3(CO)COC3)C2)nc2ccccc21. The molecule has 25 heavy (non-hydrogen) atoms. The van der Waals surface area contributed by atoms with Gasteiger partial charge in [0.15, 0.2) is 0 Å². The number of hydrogen-bond acceptors (Lipinski definition) is 4. The fourth-order valence-corrected chi connectivity index (χ4v) is 4.40. The van der Waals surface area contributed by atoms with Crippen LogP contribution in [0.3, 0.4) is 0 Å². The number of aliphatic hydroxyl groups excluding tert-OH is 1. The maximum atomic E-state index is 9.74. The summed E-state index contributed by atoms with van der Waals surface area (Å²) in [6, 6.07) is 8.87. The lowest BCUT2D eigenvalue weighted by atomic mass is 9.85. The van der Waals surface area contributed by atoms with E-state index in [2.05, 4.69) is 47.6 Å². The Morgan fingerprint density at radius 2 is 2.12 bits per heavy atom. The largest absolute Gasteiger partial charge is 0.396 e. The number of aliphatic hydroxyl groups is 1. The topological polar surface area (TPSA) is 50.5 Å². The van der Waals surface area contributed by atoms with Gasteiger partial charge in [0, 0.05) is 25.0 Å². The monoisotopic (exact) mass is 343 g/mol. The number of fused-ring (bicyclic) bond motifs is 1. The van der Waals surface area contributed by atoms with E-state index in [0.29, 0.717) is 25.2 Å². The van der Waals surface area contributed by atoms with E-state index in [1.165, 1.54) is 24.2 Å². The van der Waals surface area contributed by atoms with Gasteiger partial charge in [0.25, 0.3) is 0 Å². The Kier molecular flexibility index (Phi) is 4.56. The summed E-state index contributed by atoms with van der Waals surface area (Å²) in [5.74, 6) is 1.68. The third kappa shape index (κ3) is 3.09. The molecule has 0 spiro atoms. The fraction of sp³-hybridized carbons (Fsp3) is 0.650. The first-order chi connectivity index (χ1) is 12.1. The molecule has 1 N–H and O–H groups in total. The third-order valence-electron chi connectivity index (χ3n) is 5.72. The number of piperidine rings is 1. The molecule has 1 atom stereocenters. The van der Waals surface area contributed by atoms with Gasteiger partial charge in [-0.3, -0.25) is 0 Å². The zero-order valence-corrected chi connectivity index (χ0v) is 15.3. The zero-order valence-electron chi connectivity index (χ0n) is 15.3. The van der Waals surface area contributed by atoms with Crippen molar-refractivity contribution in [1.29, 1.82) is 0 Å². The number of benzene rings is 1. The molecule has 2 aromatic rings. The highest BCUT2D eigenvalue weighted by Gasteiger charge is 2.40. The molecule has 1 aromatic heterocycles. The number of aromatic nitrogens is 2. The lowest BCUT2D eigenvalue weighted by molar-refractivity contribution is -0.149. The van der Waals surface area contributed by atoms with Crippen molar-refractivity contribution < 1.29 is 9.84 Å². The molecule has 0 radical (unpaired) electrons. The number of imidazole rings is 1. The van der Waals surface area contributed by atoms with Crippen LogP contribution in [0.25, 0.3) is 11.0 Å². The lowest BCUT2D eigenvalue weighted by Gasteiger charge is -2.45. The molecule has 1 aromatic carbocycles. The van der Waals surface area contributed by atoms with Gasteiger partial charge in [-0.05, 0) is 45.4 Å². The summed E-state index contributed by atoms with van der Waals surface area (Å²) in [5, 5.41) is 9.74. The molecular formula is C20H29N3O2. The molecule has 4 rings (SSSR count). The molecule has 2 saturated heterocycles. The summed E-state index contributed by atoms with van der Waals surface area (Å²) in [7, 11) is 0. The van der Waals surface area contributed by atoms with Crippen molar-refractivity contribution in [2.75, 3.05) is 39.5 Å². The highest BCUT2D eigenvalue weighted by atomic mass is 16.5. The van der Waals surface area contributed by atoms with Crippen LogP contribution in [0.2, 0.25) is 0 Å². The Balaban J connectivity index is 1.59. The summed E-state index contributed by atoms with van der Waals surface area (Å²) >= 11 is 0. The van der Waals surface area contributed by atoms with Crippen molar-refractivity contribution in [3.63, 3.8) is 0 Å². The minimum atomic E-state index is -0.0416. The fourth-order valence-electron chi connectivity index (χ4n) is 4.40. The maximum Gasteiger partial charge on any atom is 0.114 e. The van der Waals surface area contributed by atoms with Crippen LogP contribution >= 0.6 is 0 Å². The van der Waals surface area contributed by atoms with E-state index in [-0.39, 0.29) is 12.0 Å². The number of likely N-dealkylation sites (tertiary alicyclic amines) is 1. The average molecular weight is 343 g/mol. The standard InChI is InChI=1S/C20H29N3O2/c1-15(2)23-18-8-4-3-7-17(18)21-19(23)16-6-5-9-22(10-16)11-20(12-24)13-25-14-20/h3-4,7-8,15-16,24H,5-6,9-14H2,1-2H3. The molecular weight excluding hydrogens is 314 g/mol. The minimum absolute atomic E-state index is 0.0416. The van der Waals surface area contributed by atoms with Gasteiger partial charge in [-0.15, -0.1) is 0 Å². The van der Waals surface area contributed by atoms with Gasteiger partial charge in [-0.2, -0.15) is 0 Å². The van der Waals surface area contributed by atoms with Crippen molar-refractivity contribution in [3.8, 4) is 0 Å². The van der Waals surface area contributed by atoms with Crippen LogP contribution in [0.1, 0.15) is 44.5 Å². The van der Waals surface area contributed by atoms with E-state index in [1.807, 2.05) is 0 Å². The highest BCUT2D eigenvalue weighted by Crippen LogP contribution is 2.34. The van der Waals surface area contributed by atoms with Crippen LogP contribution in [0.15, 0.2) is 24.3 Å². The second-order valence-electron chi connectivity index (χ2n) is 8.15. The molecule has 1 unspecified atom stereocenters. The van der Waals surface area contributed by atoms with Gasteiger partial charge in [0.05, 0.1) is 36.3 Å². The minimum Gasteiger partial charge on any atom is -0.396 e. The second kappa shape index (κ2) is 6.71. The predicted molar refractivity (Wildman–Crippen MR) is 98.9 cm³/mol. The lowest BCUT2D eigenvalue weighted by Crippen LogP contribution is -2.54. The van der Waals surface area contributed by atoms with Crippen molar-refractivity contribution in [1.82, 2.24) is 14.5 Å². The van der Waals surface area contributed by atoms with Gasteiger partial charge in [0.2, 0.25) is 0 Å². The van der Waals surface area contributed by atoms with Crippen LogP contribution < -0.4 is 0 Å². The molecule has 0 amide bonds. The first-order valence-electron chi connectivity index (χ1n) is 9.50. The number of nitrogens with zero attached hydrogens (tertiary/aromatic N) is 3. The van der Waals surface area contributed by atoms with E-state index in [1.54, 1.807) is 0 Å². The van der Waals surface area contributed by atoms with Crippen LogP contribution in [0.5, 0.6) is 0 Å². The molecule has 0 aliphatic carbocycles. The summed E-state index contributed by atoms with van der Waals surface area (Å²) in [4.78, 5) is 7.52. The van der Waals surface area contributed by atoms with E-state index in [9.17, 15) is 5.11 Å². The molecule has 2 aliphatic rings. The third-order valence-corrected chi connectivity index (χ3v) is 5.72. The second-order valence-corrected chi connectivity index (χ2v) is 8.15. The van der Waals surface area contributed by atoms with Crippen molar-refractivity contribution in [2.24, 2.45) is 5.41 Å². The van der Waals surface area contributed by atoms with Crippen LogP contribution in [0, 0.1) is 5.41 Å². The van der Waals surface area contributed by atoms with Crippen LogP contribution in [-0.2, 0) is 4.74 Å². The van der Waals surface area contributed by atoms with Crippen molar-refractivity contribution in [2.45, 2.75) is 38.6 Å². The number of ether oxygens (including phenoxy) is 1. The summed E-state index contributed by atoms with van der Waals surface area (Å²) in [6.45, 7) is 9.15. The molecule has 2 aliphatic heterocycles. The Morgan fingerprint density at radius 1 is 1.32 bits per heavy atom. The Hall–Kier alpha value is -1.43. The quantitative estimate of drug-likeness (QED) is 0.907. The van der Waals surface area contributed by atoms with Gasteiger partial charge in [-0.1, -0.05) is 12.1 Å². The molecule has 0 saturated carbocycles. The van der Waals surface area contributed by atoms with Gasteiger partial charge in [-0.25, -0.2) is 4.98 Å². The number of hydrogen-bond donors (Lipinski definition) is 1. The van der Waals surface area contributed by atoms with E-state index in [0.717, 1.165) is 25.2 Å². The molecule has 2 fully saturated rings. The number of rotatable bonds is 5. The Labute approximate surface area is 149 Å². The summed E-state index contributed by atoms with van der Waals surface area (Å²) < 4.78 is 7.78. The normalized spacial score (nSPS) is 23.9. The smallest absolute Gasteiger partial charge is 0.114 e. The van der Waals surface area contributed by atoms with Crippen molar-refractivity contribution in [3.05, 3.63) is 30.1 Å². The van der Waals surface area contributed by atoms with E-state index >= 15 is 0 Å². The molecule has 5 heteroatoms. The van der Waals surface area contributed by atoms with Crippen LogP contribution in [0.4, 0.5) is 0 Å². The van der Waals surface area contributed by atoms with E-state index < -0.39 is 0 Å². The molecule has 5 nitrogen and oxygen atoms in total. The molecule has 136 valence electrons. The first kappa shape index (κ1) is 17.0. The Morgan fingerprint density at radius 3 is 2.80 bits per heavy atom. The van der Waals surface area contributed by atoms with Gasteiger partial charge in [0.1, 0.15) is 5.82 Å². The zero-order chi connectivity index (χ0) is 17.4. The Bertz CT molecular complexity index is 730. The molecule has 3 heterocycles. The van der Waals surface area contributed by atoms with Gasteiger partial charge < -0.3 is 19.3 Å². The molecule has 0 bridgehead atoms. The summed E-state index contributed by atoms with van der Waals surface area (Å²) in [5.41, 5.74) is 2.30. The van der Waals surface area contributed by atoms with Crippen LogP contribution in [-0.4, -0.2) is 59.0 Å². The summed E-state index contributed by atoms with van der Waals surface area (Å²) in [6.07, 6.45) is 2.38.